The average Bonchev–Trinajstić information content (AvgIpc) is 2.23. The van der Waals surface area contributed by atoms with Gasteiger partial charge in [-0.2, -0.15) is 0 Å². The third-order valence-corrected chi connectivity index (χ3v) is 0.406. The smallest absolute Gasteiger partial charge is 0.0919 e. The van der Waals surface area contributed by atoms with Crippen molar-refractivity contribution in [3.63, 3.8) is 0 Å². The molecule has 0 unspecified atom stereocenters. The molecule has 0 aliphatic carbocycles. The summed E-state index contributed by atoms with van der Waals surface area (Å²) in [6, 6.07) is 0. The Morgan fingerprint density at radius 2 is 2.14 bits per heavy atom. The molecular weight excluding hydrogens is 92.1 g/mol. The lowest BCUT2D eigenvalue weighted by atomic mass is 11.0. The van der Waals surface area contributed by atoms with E-state index in [1.807, 2.05) is 0 Å². The van der Waals surface area contributed by atoms with Gasteiger partial charge < -0.3 is 4.98 Å². The Labute approximate surface area is 40.6 Å². The van der Waals surface area contributed by atoms with Gasteiger partial charge in [0, 0.05) is 23.2 Å². The molecule has 1 N–H and O–H groups in total. The molecule has 1 heterocycles. The zero-order chi connectivity index (χ0) is 5.54. The maximum atomic E-state index is 6.00. The summed E-state index contributed by atoms with van der Waals surface area (Å²) in [4.78, 5) is 6.42. The topological polar surface area (TPSA) is 76.3 Å². The van der Waals surface area contributed by atoms with Crippen molar-refractivity contribution < 1.29 is 0 Å². The number of hydrogen-bond donors (Lipinski definition) is 1. The molecule has 0 spiro atoms. The average molecular weight is 96.1 g/mol. The van der Waals surface area contributed by atoms with Crippen LogP contribution in [0.4, 0.5) is 0 Å². The molecule has 1 aromatic rings. The fourth-order valence-electron chi connectivity index (χ4n) is 0.215. The number of hydrogen-bond acceptors (Lipinski definition) is 3. The van der Waals surface area contributed by atoms with Crippen LogP contribution < -0.4 is 0 Å². The molecule has 4 heteroatoms. The molecule has 0 atom stereocenters. The Balaban J connectivity index is 0.000000162. The molecule has 7 heavy (non-hydrogen) atoms. The molecule has 0 fully saturated rings. The van der Waals surface area contributed by atoms with Crippen LogP contribution in [0.1, 0.15) is 0 Å². The number of imidazole rings is 1. The van der Waals surface area contributed by atoms with E-state index in [0.29, 0.717) is 0 Å². The second-order valence-electron chi connectivity index (χ2n) is 0.761. The molecule has 36 valence electrons. The quantitative estimate of drug-likeness (QED) is 0.476. The van der Waals surface area contributed by atoms with Crippen LogP contribution in [0, 0.1) is 10.8 Å². The first-order valence-electron chi connectivity index (χ1n) is 1.63. The maximum absolute atomic E-state index is 6.00. The van der Waals surface area contributed by atoms with Crippen LogP contribution >= 0.6 is 0 Å². The second-order valence-corrected chi connectivity index (χ2v) is 0.761. The van der Waals surface area contributed by atoms with Gasteiger partial charge in [0.25, 0.3) is 0 Å². The van der Waals surface area contributed by atoms with E-state index in [-0.39, 0.29) is 0 Å². The molecule has 0 aromatic carbocycles. The summed E-state index contributed by atoms with van der Waals surface area (Å²) in [5, 5.41) is 12.0. The molecule has 0 bridgehead atoms. The number of nitrogens with one attached hydrogen (secondary N) is 1. The van der Waals surface area contributed by atoms with Gasteiger partial charge in [0.1, 0.15) is 0 Å². The van der Waals surface area contributed by atoms with Gasteiger partial charge in [0.2, 0.25) is 0 Å². The highest BCUT2D eigenvalue weighted by atomic mass is 14.8. The van der Waals surface area contributed by atoms with Gasteiger partial charge in [-0.1, -0.05) is 0 Å². The summed E-state index contributed by atoms with van der Waals surface area (Å²) in [7, 11) is 0. The number of nitrogens with zero attached hydrogens (tertiary/aromatic N) is 3. The van der Waals surface area contributed by atoms with Gasteiger partial charge >= 0.3 is 0 Å². The molecule has 1 rings (SSSR count). The third kappa shape index (κ3) is 2.43. The van der Waals surface area contributed by atoms with E-state index in [1.54, 1.807) is 18.7 Å². The zero-order valence-corrected chi connectivity index (χ0v) is 3.57. The zero-order valence-electron chi connectivity index (χ0n) is 3.57. The summed E-state index contributed by atoms with van der Waals surface area (Å²) in [6.07, 6.45) is 5.08. The largest absolute Gasteiger partial charge is 0.351 e. The van der Waals surface area contributed by atoms with Crippen molar-refractivity contribution in [1.82, 2.24) is 9.97 Å². The lowest BCUT2D eigenvalue weighted by Crippen LogP contribution is -1.44. The van der Waals surface area contributed by atoms with Crippen LogP contribution in [0.3, 0.4) is 0 Å². The van der Waals surface area contributed by atoms with Crippen molar-refractivity contribution in [3.8, 4) is 0 Å². The lowest BCUT2D eigenvalue weighted by Gasteiger charge is -1.46. The van der Waals surface area contributed by atoms with Gasteiger partial charge in [-0.25, -0.2) is 4.98 Å². The molecule has 1 aromatic heterocycles. The molecule has 0 aliphatic heterocycles. The standard InChI is InChI=1S/C3H4N2.N2/c1-2-5-3-4-1;1-2/h1-3H,(H,4,5);. The minimum Gasteiger partial charge on any atom is -0.351 e. The van der Waals surface area contributed by atoms with Gasteiger partial charge in [-0.05, 0) is 0 Å². The number of aromatic amines is 1. The minimum atomic E-state index is 1.62. The molecular formula is C3H4N4. The van der Waals surface area contributed by atoms with Gasteiger partial charge in [-0.15, -0.1) is 0 Å². The van der Waals surface area contributed by atoms with Crippen molar-refractivity contribution >= 4 is 0 Å². The van der Waals surface area contributed by atoms with E-state index in [2.05, 4.69) is 9.97 Å². The van der Waals surface area contributed by atoms with Crippen LogP contribution in [0.25, 0.3) is 0 Å². The Kier molecular flexibility index (Phi) is 3.72. The van der Waals surface area contributed by atoms with Crippen LogP contribution in [0.2, 0.25) is 0 Å². The molecule has 0 radical (unpaired) electrons. The van der Waals surface area contributed by atoms with Crippen LogP contribution in [0.5, 0.6) is 0 Å². The van der Waals surface area contributed by atoms with E-state index in [0.717, 1.165) is 0 Å². The van der Waals surface area contributed by atoms with Gasteiger partial charge in [0.15, 0.2) is 0 Å². The van der Waals surface area contributed by atoms with E-state index < -0.39 is 0 Å². The highest BCUT2D eigenvalue weighted by Crippen LogP contribution is 1.62. The van der Waals surface area contributed by atoms with Gasteiger partial charge in [0.05, 0.1) is 6.33 Å². The summed E-state index contributed by atoms with van der Waals surface area (Å²) in [5.41, 5.74) is 0. The number of aromatic nitrogens is 2. The predicted octanol–water partition coefficient (Wildman–Crippen LogP) is 0.440. The normalized spacial score (nSPS) is 6.00. The van der Waals surface area contributed by atoms with Crippen LogP contribution in [0.15, 0.2) is 18.7 Å². The minimum absolute atomic E-state index is 1.62. The first kappa shape index (κ1) is 5.63. The van der Waals surface area contributed by atoms with Crippen molar-refractivity contribution in [2.24, 2.45) is 0 Å². The molecule has 4 nitrogen and oxygen atoms in total. The summed E-state index contributed by atoms with van der Waals surface area (Å²) >= 11 is 0. The Morgan fingerprint density at radius 3 is 2.29 bits per heavy atom. The SMILES string of the molecule is N#N.c1c[nH]cn1. The molecule has 0 amide bonds. The second kappa shape index (κ2) is 4.63. The van der Waals surface area contributed by atoms with E-state index >= 15 is 0 Å². The fraction of sp³-hybridized carbons (Fsp3) is 0. The van der Waals surface area contributed by atoms with Crippen molar-refractivity contribution in [2.45, 2.75) is 0 Å². The Hall–Kier alpha value is -1.37. The molecule has 0 saturated heterocycles. The summed E-state index contributed by atoms with van der Waals surface area (Å²) in [5.74, 6) is 0. The third-order valence-electron chi connectivity index (χ3n) is 0.406. The summed E-state index contributed by atoms with van der Waals surface area (Å²) < 4.78 is 0. The number of rotatable bonds is 0. The molecule has 0 saturated carbocycles. The lowest BCUT2D eigenvalue weighted by molar-refractivity contribution is 1.15. The monoisotopic (exact) mass is 96.0 g/mol. The number of H-pyrrole nitrogens is 1. The predicted molar refractivity (Wildman–Crippen MR) is 22.0 cm³/mol. The maximum Gasteiger partial charge on any atom is 0.0919 e. The first-order chi connectivity index (χ1) is 3.50. The van der Waals surface area contributed by atoms with Crippen molar-refractivity contribution in [2.75, 3.05) is 0 Å². The van der Waals surface area contributed by atoms with E-state index in [1.165, 1.54) is 0 Å². The summed E-state index contributed by atoms with van der Waals surface area (Å²) in [6.45, 7) is 0. The molecule has 0 aliphatic rings. The van der Waals surface area contributed by atoms with E-state index in [4.69, 9.17) is 10.8 Å². The van der Waals surface area contributed by atoms with Crippen molar-refractivity contribution in [3.05, 3.63) is 18.7 Å². The van der Waals surface area contributed by atoms with Crippen LogP contribution in [-0.4, -0.2) is 9.97 Å². The highest BCUT2D eigenvalue weighted by Gasteiger charge is 1.56. The first-order valence-corrected chi connectivity index (χ1v) is 1.63. The van der Waals surface area contributed by atoms with E-state index in [9.17, 15) is 0 Å². The van der Waals surface area contributed by atoms with Gasteiger partial charge in [-0.3, -0.25) is 0 Å². The fourth-order valence-corrected chi connectivity index (χ4v) is 0.215. The Morgan fingerprint density at radius 1 is 1.43 bits per heavy atom. The highest BCUT2D eigenvalue weighted by molar-refractivity contribution is 4.64. The van der Waals surface area contributed by atoms with Crippen molar-refractivity contribution in [1.29, 1.82) is 10.8 Å². The Bertz CT molecular complexity index is 90.5. The van der Waals surface area contributed by atoms with Crippen LogP contribution in [-0.2, 0) is 0 Å².